The summed E-state index contributed by atoms with van der Waals surface area (Å²) in [5.74, 6) is 0. The molecule has 1 rings (SSSR count). The van der Waals surface area contributed by atoms with Crippen molar-refractivity contribution in [2.24, 2.45) is 0 Å². The molecule has 0 spiro atoms. The summed E-state index contributed by atoms with van der Waals surface area (Å²) in [6.45, 7) is 6.09. The molecule has 0 saturated carbocycles. The van der Waals surface area contributed by atoms with Gasteiger partial charge in [-0.2, -0.15) is 0 Å². The van der Waals surface area contributed by atoms with Crippen molar-refractivity contribution in [2.45, 2.75) is 39.2 Å². The van der Waals surface area contributed by atoms with Gasteiger partial charge in [0.2, 0.25) is 0 Å². The molecule has 4 nitrogen and oxygen atoms in total. The molecule has 0 unspecified atom stereocenters. The number of aromatic nitrogens is 1. The number of hydrogen-bond donors (Lipinski definition) is 1. The van der Waals surface area contributed by atoms with Gasteiger partial charge >= 0.3 is 6.09 Å². The first-order valence-corrected chi connectivity index (χ1v) is 6.63. The smallest absolute Gasteiger partial charge is 0.407 e. The molecular weight excluding hydrogens is 260 g/mol. The van der Waals surface area contributed by atoms with Crippen molar-refractivity contribution in [3.05, 3.63) is 15.5 Å². The van der Waals surface area contributed by atoms with Crippen molar-refractivity contribution in [1.82, 2.24) is 10.3 Å². The Bertz CT molecular complexity index is 374. The Morgan fingerprint density at radius 2 is 2.29 bits per heavy atom. The van der Waals surface area contributed by atoms with E-state index in [9.17, 15) is 4.79 Å². The molecule has 0 fully saturated rings. The Morgan fingerprint density at radius 3 is 2.82 bits per heavy atom. The lowest BCUT2D eigenvalue weighted by molar-refractivity contribution is 0.0527. The van der Waals surface area contributed by atoms with Crippen LogP contribution in [0.4, 0.5) is 4.79 Å². The lowest BCUT2D eigenvalue weighted by atomic mass is 10.2. The van der Waals surface area contributed by atoms with Crippen molar-refractivity contribution >= 4 is 29.0 Å². The number of rotatable bonds is 4. The van der Waals surface area contributed by atoms with Crippen LogP contribution in [0, 0.1) is 0 Å². The van der Waals surface area contributed by atoms with Crippen LogP contribution >= 0.6 is 22.9 Å². The van der Waals surface area contributed by atoms with Crippen molar-refractivity contribution in [1.29, 1.82) is 0 Å². The van der Waals surface area contributed by atoms with Gasteiger partial charge in [0, 0.05) is 13.0 Å². The van der Waals surface area contributed by atoms with E-state index in [-0.39, 0.29) is 6.09 Å². The van der Waals surface area contributed by atoms with E-state index in [1.165, 1.54) is 11.3 Å². The van der Waals surface area contributed by atoms with Crippen LogP contribution in [0.5, 0.6) is 0 Å². The molecule has 0 atom stereocenters. The number of nitrogens with one attached hydrogen (secondary N) is 1. The van der Waals surface area contributed by atoms with Gasteiger partial charge in [-0.05, 0) is 27.2 Å². The van der Waals surface area contributed by atoms with Gasteiger partial charge < -0.3 is 10.1 Å². The number of thiazole rings is 1. The van der Waals surface area contributed by atoms with Gasteiger partial charge in [0.05, 0.1) is 11.2 Å². The molecule has 0 radical (unpaired) electrons. The Morgan fingerprint density at radius 1 is 1.59 bits per heavy atom. The first-order valence-electron chi connectivity index (χ1n) is 5.44. The topological polar surface area (TPSA) is 51.2 Å². The molecule has 17 heavy (non-hydrogen) atoms. The number of halogens is 1. The van der Waals surface area contributed by atoms with Crippen LogP contribution in [0.15, 0.2) is 6.20 Å². The van der Waals surface area contributed by atoms with Crippen LogP contribution in [0.25, 0.3) is 0 Å². The van der Waals surface area contributed by atoms with Crippen LogP contribution < -0.4 is 5.32 Å². The second-order valence-corrected chi connectivity index (χ2v) is 6.34. The van der Waals surface area contributed by atoms with E-state index in [2.05, 4.69) is 10.3 Å². The SMILES string of the molecule is CC(C)(C)OC(=O)NCCCc1ncc(Cl)s1. The van der Waals surface area contributed by atoms with E-state index in [1.54, 1.807) is 6.20 Å². The van der Waals surface area contributed by atoms with Gasteiger partial charge in [0.25, 0.3) is 0 Å². The minimum Gasteiger partial charge on any atom is -0.444 e. The molecule has 1 aromatic rings. The quantitative estimate of drug-likeness (QED) is 0.859. The highest BCUT2D eigenvalue weighted by atomic mass is 35.5. The maximum atomic E-state index is 11.3. The van der Waals surface area contributed by atoms with Crippen molar-refractivity contribution in [3.8, 4) is 0 Å². The predicted octanol–water partition coefficient (Wildman–Crippen LogP) is 3.25. The first-order chi connectivity index (χ1) is 7.87. The number of amides is 1. The van der Waals surface area contributed by atoms with Crippen LogP contribution in [0.1, 0.15) is 32.2 Å². The Balaban J connectivity index is 2.14. The monoisotopic (exact) mass is 276 g/mol. The van der Waals surface area contributed by atoms with E-state index in [0.717, 1.165) is 17.8 Å². The summed E-state index contributed by atoms with van der Waals surface area (Å²) >= 11 is 7.23. The molecule has 1 aromatic heterocycles. The number of carbonyl (C=O) groups excluding carboxylic acids is 1. The van der Waals surface area contributed by atoms with Gasteiger partial charge in [0.1, 0.15) is 9.94 Å². The van der Waals surface area contributed by atoms with Crippen LogP contribution in [0.3, 0.4) is 0 Å². The van der Waals surface area contributed by atoms with E-state index in [1.807, 2.05) is 20.8 Å². The fraction of sp³-hybridized carbons (Fsp3) is 0.636. The summed E-state index contributed by atoms with van der Waals surface area (Å²) in [6, 6.07) is 0. The zero-order valence-corrected chi connectivity index (χ0v) is 11.8. The Labute approximate surface area is 110 Å². The zero-order valence-electron chi connectivity index (χ0n) is 10.2. The molecule has 1 amide bonds. The predicted molar refractivity (Wildman–Crippen MR) is 69.7 cm³/mol. The van der Waals surface area contributed by atoms with E-state index in [0.29, 0.717) is 10.9 Å². The molecule has 1 heterocycles. The minimum absolute atomic E-state index is 0.380. The number of hydrogen-bond acceptors (Lipinski definition) is 4. The molecule has 0 aliphatic rings. The van der Waals surface area contributed by atoms with Gasteiger partial charge in [-0.1, -0.05) is 11.6 Å². The molecule has 96 valence electrons. The first kappa shape index (κ1) is 14.3. The van der Waals surface area contributed by atoms with E-state index >= 15 is 0 Å². The highest BCUT2D eigenvalue weighted by Crippen LogP contribution is 2.19. The fourth-order valence-corrected chi connectivity index (χ4v) is 2.15. The third kappa shape index (κ3) is 6.48. The Kier molecular flexibility index (Phi) is 5.21. The molecule has 1 N–H and O–H groups in total. The van der Waals surface area contributed by atoms with Crippen LogP contribution in [0.2, 0.25) is 4.34 Å². The third-order valence-electron chi connectivity index (χ3n) is 1.76. The summed E-state index contributed by atoms with van der Waals surface area (Å²) in [6.07, 6.45) is 2.90. The number of aryl methyl sites for hydroxylation is 1. The molecule has 0 aliphatic heterocycles. The molecule has 6 heteroatoms. The lowest BCUT2D eigenvalue weighted by Gasteiger charge is -2.19. The largest absolute Gasteiger partial charge is 0.444 e. The van der Waals surface area contributed by atoms with Crippen molar-refractivity contribution in [3.63, 3.8) is 0 Å². The maximum Gasteiger partial charge on any atom is 0.407 e. The van der Waals surface area contributed by atoms with E-state index in [4.69, 9.17) is 16.3 Å². The average Bonchev–Trinajstić information content (AvgIpc) is 2.56. The van der Waals surface area contributed by atoms with Gasteiger partial charge in [-0.15, -0.1) is 11.3 Å². The highest BCUT2D eigenvalue weighted by molar-refractivity contribution is 7.15. The van der Waals surface area contributed by atoms with Gasteiger partial charge in [0.15, 0.2) is 0 Å². The fourth-order valence-electron chi connectivity index (χ4n) is 1.15. The molecule has 0 bridgehead atoms. The average molecular weight is 277 g/mol. The minimum atomic E-state index is -0.451. The normalized spacial score (nSPS) is 11.3. The lowest BCUT2D eigenvalue weighted by Crippen LogP contribution is -2.33. The third-order valence-corrected chi connectivity index (χ3v) is 2.94. The Hall–Kier alpha value is -0.810. The van der Waals surface area contributed by atoms with Gasteiger partial charge in [-0.25, -0.2) is 9.78 Å². The van der Waals surface area contributed by atoms with Gasteiger partial charge in [-0.3, -0.25) is 0 Å². The number of carbonyl (C=O) groups is 1. The van der Waals surface area contributed by atoms with Crippen molar-refractivity contribution < 1.29 is 9.53 Å². The summed E-state index contributed by atoms with van der Waals surface area (Å²) in [5.41, 5.74) is -0.451. The molecular formula is C11H17ClN2O2S. The zero-order chi connectivity index (χ0) is 12.9. The summed E-state index contributed by atoms with van der Waals surface area (Å²) < 4.78 is 5.80. The molecule has 0 aliphatic carbocycles. The van der Waals surface area contributed by atoms with Crippen LogP contribution in [-0.2, 0) is 11.2 Å². The molecule has 0 saturated heterocycles. The molecule has 0 aromatic carbocycles. The standard InChI is InChI=1S/C11H17ClN2O2S/c1-11(2,3)16-10(15)13-6-4-5-9-14-7-8(12)17-9/h7H,4-6H2,1-3H3,(H,13,15). The maximum absolute atomic E-state index is 11.3. The summed E-state index contributed by atoms with van der Waals surface area (Å²) in [4.78, 5) is 15.4. The van der Waals surface area contributed by atoms with Crippen LogP contribution in [-0.4, -0.2) is 23.2 Å². The van der Waals surface area contributed by atoms with Crippen molar-refractivity contribution in [2.75, 3.05) is 6.54 Å². The number of nitrogens with zero attached hydrogens (tertiary/aromatic N) is 1. The second-order valence-electron chi connectivity index (χ2n) is 4.59. The second kappa shape index (κ2) is 6.21. The van der Waals surface area contributed by atoms with E-state index < -0.39 is 5.60 Å². The highest BCUT2D eigenvalue weighted by Gasteiger charge is 2.15. The number of alkyl carbamates (subject to hydrolysis) is 1. The summed E-state index contributed by atoms with van der Waals surface area (Å²) in [7, 11) is 0. The number of ether oxygens (including phenoxy) is 1. The summed E-state index contributed by atoms with van der Waals surface area (Å²) in [5, 5.41) is 3.69.